The molecular weight excluding hydrogens is 641 g/mol. The van der Waals surface area contributed by atoms with Crippen molar-refractivity contribution >= 4 is 10.9 Å². The van der Waals surface area contributed by atoms with Crippen LogP contribution in [0.1, 0.15) is 40.4 Å². The van der Waals surface area contributed by atoms with E-state index in [1.165, 1.54) is 0 Å². The smallest absolute Gasteiger partial charge is 0.205 e. The highest BCUT2D eigenvalue weighted by Gasteiger charge is 2.41. The number of pyridine rings is 1. The van der Waals surface area contributed by atoms with Gasteiger partial charge in [0.1, 0.15) is 12.4 Å². The van der Waals surface area contributed by atoms with Gasteiger partial charge in [0, 0.05) is 22.7 Å². The first-order valence-electron chi connectivity index (χ1n) is 17.3. The number of hydrogen-bond donors (Lipinski definition) is 0. The van der Waals surface area contributed by atoms with E-state index >= 15 is 0 Å². The Hall–Kier alpha value is -6.91. The second-order valence-electron chi connectivity index (χ2n) is 12.6. The molecule has 6 aromatic carbocycles. The Kier molecular flexibility index (Phi) is 8.78. The Labute approximate surface area is 302 Å². The number of aryl methyl sites for hydroxylation is 1. The molecule has 0 radical (unpaired) electrons. The number of benzene rings is 6. The molecule has 7 nitrogen and oxygen atoms in total. The van der Waals surface area contributed by atoms with Gasteiger partial charge in [-0.25, -0.2) is 0 Å². The molecule has 250 valence electrons. The van der Waals surface area contributed by atoms with Gasteiger partial charge in [0.2, 0.25) is 5.82 Å². The van der Waals surface area contributed by atoms with Gasteiger partial charge in [-0.3, -0.25) is 4.98 Å². The van der Waals surface area contributed by atoms with E-state index in [0.29, 0.717) is 18.0 Å². The van der Waals surface area contributed by atoms with Crippen LogP contribution in [0.2, 0.25) is 0 Å². The molecule has 0 spiro atoms. The van der Waals surface area contributed by atoms with Gasteiger partial charge in [0.05, 0.1) is 17.1 Å². The number of hydrogen-bond acceptors (Lipinski definition) is 6. The molecule has 7 heteroatoms. The third-order valence-electron chi connectivity index (χ3n) is 9.43. The Morgan fingerprint density at radius 1 is 0.673 bits per heavy atom. The number of tetrazole rings is 1. The van der Waals surface area contributed by atoms with Crippen LogP contribution in [0.15, 0.2) is 164 Å². The van der Waals surface area contributed by atoms with Gasteiger partial charge in [0.15, 0.2) is 5.54 Å². The van der Waals surface area contributed by atoms with Crippen molar-refractivity contribution in [3.05, 3.63) is 197 Å². The minimum Gasteiger partial charge on any atom is -0.488 e. The zero-order chi connectivity index (χ0) is 35.3. The summed E-state index contributed by atoms with van der Waals surface area (Å²) >= 11 is 0. The minimum absolute atomic E-state index is 0.390. The quantitative estimate of drug-likeness (QED) is 0.134. The molecule has 8 aromatic rings. The lowest BCUT2D eigenvalue weighted by Gasteiger charge is -2.34. The summed E-state index contributed by atoms with van der Waals surface area (Å²) in [5, 5.41) is 24.9. The fourth-order valence-electron chi connectivity index (χ4n) is 6.84. The van der Waals surface area contributed by atoms with E-state index in [-0.39, 0.29) is 0 Å². The molecule has 0 amide bonds. The molecule has 0 fully saturated rings. The van der Waals surface area contributed by atoms with Crippen LogP contribution in [0.4, 0.5) is 0 Å². The summed E-state index contributed by atoms with van der Waals surface area (Å²) in [6, 6.07) is 57.3. The van der Waals surface area contributed by atoms with Gasteiger partial charge in [-0.1, -0.05) is 146 Å². The predicted octanol–water partition coefficient (Wildman–Crippen LogP) is 9.41. The highest BCUT2D eigenvalue weighted by atomic mass is 16.5. The lowest BCUT2D eigenvalue weighted by atomic mass is 9.77. The molecule has 0 N–H and O–H groups in total. The van der Waals surface area contributed by atoms with Crippen molar-refractivity contribution in [3.63, 3.8) is 0 Å². The highest BCUT2D eigenvalue weighted by Crippen LogP contribution is 2.40. The van der Waals surface area contributed by atoms with Crippen LogP contribution in [0, 0.1) is 11.3 Å². The summed E-state index contributed by atoms with van der Waals surface area (Å²) in [4.78, 5) is 6.47. The minimum atomic E-state index is -0.859. The van der Waals surface area contributed by atoms with Crippen molar-refractivity contribution in [2.75, 3.05) is 0 Å². The molecular formula is C45H34N6O. The molecule has 52 heavy (non-hydrogen) atoms. The van der Waals surface area contributed by atoms with Crippen LogP contribution in [-0.4, -0.2) is 25.2 Å². The van der Waals surface area contributed by atoms with Crippen molar-refractivity contribution in [3.8, 4) is 34.3 Å². The number of nitrogens with zero attached hydrogens (tertiary/aromatic N) is 6. The van der Waals surface area contributed by atoms with E-state index in [4.69, 9.17) is 25.1 Å². The topological polar surface area (TPSA) is 89.5 Å². The van der Waals surface area contributed by atoms with E-state index in [0.717, 1.165) is 67.7 Å². The predicted molar refractivity (Wildman–Crippen MR) is 203 cm³/mol. The maximum Gasteiger partial charge on any atom is 0.205 e. The van der Waals surface area contributed by atoms with Gasteiger partial charge in [-0.05, 0) is 63.2 Å². The summed E-state index contributed by atoms with van der Waals surface area (Å²) in [5.74, 6) is 1.29. The van der Waals surface area contributed by atoms with Crippen molar-refractivity contribution < 1.29 is 4.74 Å². The monoisotopic (exact) mass is 674 g/mol. The molecule has 0 aliphatic rings. The fraction of sp³-hybridized carbons (Fsp3) is 0.0889. The summed E-state index contributed by atoms with van der Waals surface area (Å²) in [6.45, 7) is 2.45. The summed E-state index contributed by atoms with van der Waals surface area (Å²) < 4.78 is 6.35. The SMILES string of the molecule is CCc1cc(OCc2ccc(-c3ccccc3-c3nnn(C(c4ccccc4)(c4ccccc4)c4ccccc4)n3)cc2)c2ccc(C#N)cc2n1. The molecule has 0 aliphatic heterocycles. The molecule has 0 aliphatic carbocycles. The first-order valence-corrected chi connectivity index (χ1v) is 17.3. The molecule has 0 unspecified atom stereocenters. The Morgan fingerprint density at radius 3 is 1.87 bits per heavy atom. The van der Waals surface area contributed by atoms with Crippen molar-refractivity contribution in [2.24, 2.45) is 0 Å². The maximum absolute atomic E-state index is 9.37. The molecule has 0 saturated carbocycles. The van der Waals surface area contributed by atoms with Crippen molar-refractivity contribution in [1.82, 2.24) is 25.2 Å². The van der Waals surface area contributed by atoms with Gasteiger partial charge in [-0.2, -0.15) is 5.26 Å². The van der Waals surface area contributed by atoms with Gasteiger partial charge >= 0.3 is 0 Å². The molecule has 0 atom stereocenters. The van der Waals surface area contributed by atoms with Crippen LogP contribution in [-0.2, 0) is 18.6 Å². The number of aromatic nitrogens is 5. The Balaban J connectivity index is 1.13. The first-order chi connectivity index (χ1) is 25.7. The number of fused-ring (bicyclic) bond motifs is 1. The second kappa shape index (κ2) is 14.1. The van der Waals surface area contributed by atoms with Crippen LogP contribution >= 0.6 is 0 Å². The fourth-order valence-corrected chi connectivity index (χ4v) is 6.84. The summed E-state index contributed by atoms with van der Waals surface area (Å²) in [7, 11) is 0. The summed E-state index contributed by atoms with van der Waals surface area (Å²) in [5.41, 5.74) is 8.43. The standard InChI is InChI=1S/C45H34N6O/c1-2-38-29-43(41-27-24-33(30-46)28-42(41)47-38)52-31-32-22-25-34(26-23-32)39-20-12-13-21-40(39)44-48-50-51(49-44)45(35-14-6-3-7-15-35,36-16-8-4-9-17-36)37-18-10-5-11-19-37/h3-29H,2,31H2,1H3. The number of nitriles is 1. The lowest BCUT2D eigenvalue weighted by molar-refractivity contribution is 0.309. The third-order valence-corrected chi connectivity index (χ3v) is 9.43. The van der Waals surface area contributed by atoms with Crippen LogP contribution in [0.25, 0.3) is 33.4 Å². The number of rotatable bonds is 10. The summed E-state index contributed by atoms with van der Waals surface area (Å²) in [6.07, 6.45) is 0.769. The molecule has 0 saturated heterocycles. The zero-order valence-electron chi connectivity index (χ0n) is 28.6. The maximum atomic E-state index is 9.37. The zero-order valence-corrected chi connectivity index (χ0v) is 28.6. The Morgan fingerprint density at radius 2 is 1.27 bits per heavy atom. The first kappa shape index (κ1) is 32.3. The van der Waals surface area contributed by atoms with Crippen LogP contribution < -0.4 is 4.74 Å². The van der Waals surface area contributed by atoms with Gasteiger partial charge < -0.3 is 4.74 Å². The van der Waals surface area contributed by atoms with E-state index in [2.05, 4.69) is 79.7 Å². The number of ether oxygens (including phenoxy) is 1. The van der Waals surface area contributed by atoms with Gasteiger partial charge in [-0.15, -0.1) is 15.0 Å². The molecule has 8 rings (SSSR count). The van der Waals surface area contributed by atoms with Crippen molar-refractivity contribution in [1.29, 1.82) is 5.26 Å². The second-order valence-corrected chi connectivity index (χ2v) is 12.6. The van der Waals surface area contributed by atoms with E-state index in [9.17, 15) is 5.26 Å². The molecule has 0 bridgehead atoms. The van der Waals surface area contributed by atoms with E-state index in [1.807, 2.05) is 91.0 Å². The average molecular weight is 675 g/mol. The third kappa shape index (κ3) is 5.97. The Bertz CT molecular complexity index is 2410. The van der Waals surface area contributed by atoms with Gasteiger partial charge in [0.25, 0.3) is 0 Å². The van der Waals surface area contributed by atoms with Crippen molar-refractivity contribution in [2.45, 2.75) is 25.5 Å². The van der Waals surface area contributed by atoms with Crippen LogP contribution in [0.3, 0.4) is 0 Å². The van der Waals surface area contributed by atoms with E-state index < -0.39 is 5.54 Å². The van der Waals surface area contributed by atoms with Crippen LogP contribution in [0.5, 0.6) is 5.75 Å². The molecule has 2 heterocycles. The molecule has 2 aromatic heterocycles. The largest absolute Gasteiger partial charge is 0.488 e. The normalized spacial score (nSPS) is 11.3. The highest BCUT2D eigenvalue weighted by molar-refractivity contribution is 5.86. The average Bonchev–Trinajstić information content (AvgIpc) is 3.72. The lowest BCUT2D eigenvalue weighted by Crippen LogP contribution is -2.39. The van der Waals surface area contributed by atoms with E-state index in [1.54, 1.807) is 10.9 Å².